The Morgan fingerprint density at radius 3 is 1.83 bits per heavy atom. The molecule has 1 saturated carbocycles. The molecule has 4 radical (unpaired) electrons. The third kappa shape index (κ3) is 8.75. The molecule has 1 fully saturated rings. The lowest BCUT2D eigenvalue weighted by atomic mass is 9.83. The van der Waals surface area contributed by atoms with Crippen molar-refractivity contribution in [2.24, 2.45) is 17.6 Å². The van der Waals surface area contributed by atoms with Gasteiger partial charge >= 0.3 is 6.09 Å². The van der Waals surface area contributed by atoms with Crippen LogP contribution in [-0.2, 0) is 19.1 Å². The van der Waals surface area contributed by atoms with Crippen LogP contribution in [0.25, 0.3) is 0 Å². The molecular formula is C20H34AlBN2O5. The summed E-state index contributed by atoms with van der Waals surface area (Å²) in [6.45, 7) is 10.8. The molecule has 1 aliphatic carbocycles. The van der Waals surface area contributed by atoms with E-state index in [0.29, 0.717) is 6.42 Å². The first kappa shape index (κ1) is 29.6. The number of imide groups is 1. The van der Waals surface area contributed by atoms with Crippen molar-refractivity contribution >= 4 is 46.7 Å². The summed E-state index contributed by atoms with van der Waals surface area (Å²) in [6, 6.07) is 0. The van der Waals surface area contributed by atoms with Gasteiger partial charge in [-0.15, -0.1) is 0 Å². The van der Waals surface area contributed by atoms with Crippen molar-refractivity contribution < 1.29 is 23.9 Å². The zero-order chi connectivity index (χ0) is 22.3. The lowest BCUT2D eigenvalue weighted by molar-refractivity contribution is -0.151. The molecule has 0 bridgehead atoms. The third-order valence-corrected chi connectivity index (χ3v) is 4.51. The molecule has 2 N–H and O–H groups in total. The van der Waals surface area contributed by atoms with Crippen molar-refractivity contribution in [1.29, 1.82) is 0 Å². The molecule has 0 spiro atoms. The molecule has 2 aliphatic rings. The van der Waals surface area contributed by atoms with E-state index in [4.69, 9.17) is 5.73 Å². The van der Waals surface area contributed by atoms with E-state index in [1.807, 2.05) is 13.8 Å². The van der Waals surface area contributed by atoms with Crippen molar-refractivity contribution in [2.75, 3.05) is 0 Å². The number of primary amides is 1. The molecule has 7 nitrogen and oxygen atoms in total. The molecule has 2 rings (SSSR count). The standard InChI is InChI=1S/C13H16NO3.C5H11NO2.CH3B.CH4.Al/c1-9(2)7-13(8-15,10-3-4-10)14-11(16)5-6-12(14)17;1-5(2,3)8-4(6)7;1-2;;/h5-6,9-10H,3-4,7H2,1-2H3;1-3H3,(H2,6,7);1H3;1H4;. The van der Waals surface area contributed by atoms with Crippen molar-refractivity contribution in [3.63, 3.8) is 0 Å². The van der Waals surface area contributed by atoms with Crippen LogP contribution in [0.1, 0.15) is 61.3 Å². The SMILES string of the molecule is C.CC(C)(C)OC(N)=O.CC(C)CC([C](=O)[Al])(C1CC1)N1C(=O)C=CC1=O.[B]C. The van der Waals surface area contributed by atoms with Crippen molar-refractivity contribution in [1.82, 2.24) is 4.90 Å². The number of nitrogens with two attached hydrogens (primary N) is 1. The Kier molecular flexibility index (Phi) is 12.4. The van der Waals surface area contributed by atoms with Crippen LogP contribution in [0.4, 0.5) is 4.79 Å². The van der Waals surface area contributed by atoms with Crippen LogP contribution >= 0.6 is 0 Å². The Morgan fingerprint density at radius 1 is 1.21 bits per heavy atom. The van der Waals surface area contributed by atoms with Crippen LogP contribution in [0.3, 0.4) is 0 Å². The van der Waals surface area contributed by atoms with Crippen LogP contribution in [-0.4, -0.2) is 62.7 Å². The summed E-state index contributed by atoms with van der Waals surface area (Å²) in [5.74, 6) is -0.347. The second-order valence-corrected chi connectivity index (χ2v) is 8.56. The molecule has 1 aliphatic heterocycles. The van der Waals surface area contributed by atoms with Gasteiger partial charge < -0.3 is 15.3 Å². The summed E-state index contributed by atoms with van der Waals surface area (Å²) in [5, 5.41) is 0. The van der Waals surface area contributed by atoms with Crippen LogP contribution in [0, 0.1) is 11.8 Å². The summed E-state index contributed by atoms with van der Waals surface area (Å²) < 4.78 is 4.43. The summed E-state index contributed by atoms with van der Waals surface area (Å²) in [4.78, 5) is 47.2. The van der Waals surface area contributed by atoms with Crippen LogP contribution in [0.5, 0.6) is 0 Å². The first-order chi connectivity index (χ1) is 12.8. The molecule has 1 atom stereocenters. The first-order valence-electron chi connectivity index (χ1n) is 9.23. The maximum absolute atomic E-state index is 12.2. The van der Waals surface area contributed by atoms with Gasteiger partial charge in [-0.1, -0.05) is 28.1 Å². The largest absolute Gasteiger partial charge is 0.444 e. The molecular weight excluding hydrogens is 386 g/mol. The molecule has 1 heterocycles. The van der Waals surface area contributed by atoms with E-state index in [0.717, 1.165) is 12.8 Å². The van der Waals surface area contributed by atoms with Crippen LogP contribution in [0.15, 0.2) is 12.2 Å². The van der Waals surface area contributed by atoms with Crippen molar-refractivity contribution in [3.8, 4) is 0 Å². The van der Waals surface area contributed by atoms with Gasteiger partial charge in [0.2, 0.25) is 16.3 Å². The monoisotopic (exact) mass is 420 g/mol. The Labute approximate surface area is 184 Å². The van der Waals surface area contributed by atoms with E-state index < -0.39 is 17.2 Å². The molecule has 0 saturated heterocycles. The fraction of sp³-hybridized carbons (Fsp3) is 0.700. The number of carbonyl (C=O) groups is 4. The van der Waals surface area contributed by atoms with Gasteiger partial charge in [0, 0.05) is 16.8 Å². The minimum atomic E-state index is -0.948. The number of nitrogens with zero attached hydrogens (tertiary/aromatic N) is 1. The molecule has 0 aromatic carbocycles. The van der Waals surface area contributed by atoms with E-state index in [1.54, 1.807) is 20.8 Å². The summed E-state index contributed by atoms with van der Waals surface area (Å²) in [6.07, 6.45) is 4.14. The summed E-state index contributed by atoms with van der Waals surface area (Å²) in [5.41, 5.74) is 3.32. The smallest absolute Gasteiger partial charge is 0.405 e. The Hall–Kier alpha value is -1.58. The summed E-state index contributed by atoms with van der Waals surface area (Å²) in [7, 11) is 4.50. The number of hydrogen-bond donors (Lipinski definition) is 1. The number of rotatable bonds is 5. The molecule has 29 heavy (non-hydrogen) atoms. The van der Waals surface area contributed by atoms with Gasteiger partial charge in [-0.2, -0.15) is 0 Å². The van der Waals surface area contributed by atoms with Crippen molar-refractivity contribution in [2.45, 2.75) is 79.3 Å². The highest BCUT2D eigenvalue weighted by Crippen LogP contribution is 2.47. The second-order valence-electron chi connectivity index (χ2n) is 8.04. The third-order valence-electron chi connectivity index (χ3n) is 4.01. The lowest BCUT2D eigenvalue weighted by Gasteiger charge is -2.41. The summed E-state index contributed by atoms with van der Waals surface area (Å²) >= 11 is 2.18. The average molecular weight is 420 g/mol. The van der Waals surface area contributed by atoms with Gasteiger partial charge in [0.15, 0.2) is 0 Å². The highest BCUT2D eigenvalue weighted by Gasteiger charge is 2.55. The van der Waals surface area contributed by atoms with Gasteiger partial charge in [0.05, 0.1) is 13.4 Å². The Balaban J connectivity index is 0. The topological polar surface area (TPSA) is 107 Å². The lowest BCUT2D eigenvalue weighted by Crippen LogP contribution is -2.59. The highest BCUT2D eigenvalue weighted by molar-refractivity contribution is 6.60. The van der Waals surface area contributed by atoms with Gasteiger partial charge in [-0.3, -0.25) is 14.5 Å². The number of hydrogen-bond acceptors (Lipinski definition) is 5. The van der Waals surface area contributed by atoms with E-state index in [-0.39, 0.29) is 35.7 Å². The van der Waals surface area contributed by atoms with E-state index >= 15 is 0 Å². The molecule has 3 amide bonds. The molecule has 1 unspecified atom stereocenters. The molecule has 9 heteroatoms. The van der Waals surface area contributed by atoms with Gasteiger partial charge in [-0.25, -0.2) is 4.79 Å². The zero-order valence-corrected chi connectivity index (χ0v) is 18.8. The zero-order valence-electron chi connectivity index (χ0n) is 17.7. The second kappa shape index (κ2) is 12.2. The minimum Gasteiger partial charge on any atom is -0.444 e. The van der Waals surface area contributed by atoms with E-state index in [2.05, 4.69) is 28.9 Å². The first-order valence-corrected chi connectivity index (χ1v) is 9.81. The maximum Gasteiger partial charge on any atom is 0.405 e. The number of carbonyl (C=O) groups excluding carboxylic acids is 4. The molecule has 0 aromatic rings. The van der Waals surface area contributed by atoms with E-state index in [1.165, 1.54) is 23.9 Å². The van der Waals surface area contributed by atoms with Crippen molar-refractivity contribution in [3.05, 3.63) is 12.2 Å². The fourth-order valence-corrected chi connectivity index (χ4v) is 3.61. The molecule has 160 valence electrons. The highest BCUT2D eigenvalue weighted by atomic mass is 27.0. The normalized spacial score (nSPS) is 17.3. The van der Waals surface area contributed by atoms with E-state index in [9.17, 15) is 19.2 Å². The average Bonchev–Trinajstić information content (AvgIpc) is 3.31. The Bertz CT molecular complexity index is 609. The predicted molar refractivity (Wildman–Crippen MR) is 115 cm³/mol. The predicted octanol–water partition coefficient (Wildman–Crippen LogP) is 2.52. The van der Waals surface area contributed by atoms with Gasteiger partial charge in [0.25, 0.3) is 11.8 Å². The minimum absolute atomic E-state index is 0. The van der Waals surface area contributed by atoms with Gasteiger partial charge in [-0.05, 0) is 51.9 Å². The van der Waals surface area contributed by atoms with Gasteiger partial charge in [0.1, 0.15) is 5.60 Å². The number of amides is 3. The van der Waals surface area contributed by atoms with Crippen LogP contribution < -0.4 is 5.73 Å². The quantitative estimate of drug-likeness (QED) is 0.543. The molecule has 0 aromatic heterocycles. The Morgan fingerprint density at radius 2 is 1.62 bits per heavy atom. The fourth-order valence-electron chi connectivity index (χ4n) is 3.13. The van der Waals surface area contributed by atoms with Crippen LogP contribution in [0.2, 0.25) is 6.82 Å². The number of ether oxygens (including phenoxy) is 1. The maximum atomic E-state index is 12.2.